The van der Waals surface area contributed by atoms with E-state index in [0.29, 0.717) is 6.04 Å². The summed E-state index contributed by atoms with van der Waals surface area (Å²) < 4.78 is 5.72. The summed E-state index contributed by atoms with van der Waals surface area (Å²) in [6.07, 6.45) is 2.68. The third-order valence-electron chi connectivity index (χ3n) is 4.46. The van der Waals surface area contributed by atoms with Crippen molar-refractivity contribution in [3.8, 4) is 0 Å². The number of likely N-dealkylation sites (N-methyl/N-ethyl adjacent to an activating group) is 2. The first-order chi connectivity index (χ1) is 11.6. The molecule has 1 aromatic carbocycles. The van der Waals surface area contributed by atoms with Crippen LogP contribution >= 0.6 is 0 Å². The molecule has 0 aliphatic heterocycles. The van der Waals surface area contributed by atoms with Crippen molar-refractivity contribution >= 4 is 5.96 Å². The fourth-order valence-electron chi connectivity index (χ4n) is 2.69. The van der Waals surface area contributed by atoms with Gasteiger partial charge in [-0.2, -0.15) is 0 Å². The minimum Gasteiger partial charge on any atom is -0.379 e. The average Bonchev–Trinajstić information content (AvgIpc) is 3.40. The Bertz CT molecular complexity index is 499. The van der Waals surface area contributed by atoms with Crippen LogP contribution < -0.4 is 5.32 Å². The SMILES string of the molecule is CN=C(NCC(c1ccccc1)N(C)C)N(C)CCOCC1CC1. The zero-order chi connectivity index (χ0) is 17.4. The third-order valence-corrected chi connectivity index (χ3v) is 4.46. The van der Waals surface area contributed by atoms with Gasteiger partial charge in [0.15, 0.2) is 5.96 Å². The fraction of sp³-hybridized carbons (Fsp3) is 0.632. The number of nitrogens with zero attached hydrogens (tertiary/aromatic N) is 3. The molecule has 1 aliphatic carbocycles. The number of rotatable bonds is 9. The van der Waals surface area contributed by atoms with Gasteiger partial charge >= 0.3 is 0 Å². The molecule has 1 aromatic rings. The van der Waals surface area contributed by atoms with E-state index in [1.54, 1.807) is 0 Å². The monoisotopic (exact) mass is 332 g/mol. The van der Waals surface area contributed by atoms with Gasteiger partial charge in [0.2, 0.25) is 0 Å². The van der Waals surface area contributed by atoms with Gasteiger partial charge in [0.1, 0.15) is 0 Å². The Kier molecular flexibility index (Phi) is 7.53. The summed E-state index contributed by atoms with van der Waals surface area (Å²) in [6, 6.07) is 10.9. The van der Waals surface area contributed by atoms with Crippen LogP contribution in [-0.4, -0.2) is 70.3 Å². The van der Waals surface area contributed by atoms with Crippen molar-refractivity contribution in [3.05, 3.63) is 35.9 Å². The van der Waals surface area contributed by atoms with Gasteiger partial charge in [-0.25, -0.2) is 0 Å². The van der Waals surface area contributed by atoms with Crippen LogP contribution in [0.3, 0.4) is 0 Å². The summed E-state index contributed by atoms with van der Waals surface area (Å²) in [4.78, 5) is 8.76. The Morgan fingerprint density at radius 2 is 1.96 bits per heavy atom. The lowest BCUT2D eigenvalue weighted by Gasteiger charge is -2.28. The summed E-state index contributed by atoms with van der Waals surface area (Å²) >= 11 is 0. The van der Waals surface area contributed by atoms with Crippen LogP contribution in [0.2, 0.25) is 0 Å². The van der Waals surface area contributed by atoms with E-state index in [9.17, 15) is 0 Å². The summed E-state index contributed by atoms with van der Waals surface area (Å²) in [5.74, 6) is 1.73. The van der Waals surface area contributed by atoms with Gasteiger partial charge in [0.25, 0.3) is 0 Å². The molecule has 1 atom stereocenters. The number of guanidine groups is 1. The Balaban J connectivity index is 1.79. The molecule has 0 saturated heterocycles. The van der Waals surface area contributed by atoms with Crippen LogP contribution in [0.5, 0.6) is 0 Å². The second-order valence-corrected chi connectivity index (χ2v) is 6.76. The molecule has 1 fully saturated rings. The van der Waals surface area contributed by atoms with Gasteiger partial charge in [0, 0.05) is 33.8 Å². The second-order valence-electron chi connectivity index (χ2n) is 6.76. The summed E-state index contributed by atoms with van der Waals surface area (Å²) in [7, 11) is 8.11. The van der Waals surface area contributed by atoms with Crippen molar-refractivity contribution in [2.45, 2.75) is 18.9 Å². The van der Waals surface area contributed by atoms with Gasteiger partial charge in [-0.3, -0.25) is 4.99 Å². The normalized spacial score (nSPS) is 16.3. The summed E-state index contributed by atoms with van der Waals surface area (Å²) in [6.45, 7) is 3.33. The van der Waals surface area contributed by atoms with Gasteiger partial charge in [-0.05, 0) is 38.4 Å². The van der Waals surface area contributed by atoms with E-state index in [0.717, 1.165) is 38.2 Å². The van der Waals surface area contributed by atoms with E-state index >= 15 is 0 Å². The van der Waals surface area contributed by atoms with Gasteiger partial charge in [-0.1, -0.05) is 30.3 Å². The second kappa shape index (κ2) is 9.64. The summed E-state index contributed by atoms with van der Waals surface area (Å²) in [5.41, 5.74) is 1.31. The van der Waals surface area contributed by atoms with Crippen molar-refractivity contribution in [2.24, 2.45) is 10.9 Å². The molecular formula is C19H32N4O. The highest BCUT2D eigenvalue weighted by Crippen LogP contribution is 2.28. The molecular weight excluding hydrogens is 300 g/mol. The van der Waals surface area contributed by atoms with Crippen LogP contribution in [-0.2, 0) is 4.74 Å². The Hall–Kier alpha value is -1.59. The molecule has 1 N–H and O–H groups in total. The van der Waals surface area contributed by atoms with Gasteiger partial charge in [0.05, 0.1) is 12.6 Å². The number of ether oxygens (including phenoxy) is 1. The fourth-order valence-corrected chi connectivity index (χ4v) is 2.69. The van der Waals surface area contributed by atoms with Crippen LogP contribution in [0.15, 0.2) is 35.3 Å². The predicted molar refractivity (Wildman–Crippen MR) is 100 cm³/mol. The lowest BCUT2D eigenvalue weighted by molar-refractivity contribution is 0.115. The molecule has 0 heterocycles. The highest BCUT2D eigenvalue weighted by Gasteiger charge is 2.21. The molecule has 2 rings (SSSR count). The molecule has 0 radical (unpaired) electrons. The zero-order valence-electron chi connectivity index (χ0n) is 15.5. The smallest absolute Gasteiger partial charge is 0.193 e. The molecule has 0 aromatic heterocycles. The minimum atomic E-state index is 0.308. The Labute approximate surface area is 146 Å². The average molecular weight is 332 g/mol. The first-order valence-corrected chi connectivity index (χ1v) is 8.82. The van der Waals surface area contributed by atoms with Crippen LogP contribution in [0.1, 0.15) is 24.4 Å². The maximum absolute atomic E-state index is 5.72. The third kappa shape index (κ3) is 6.13. The van der Waals surface area contributed by atoms with Crippen molar-refractivity contribution < 1.29 is 4.74 Å². The Morgan fingerprint density at radius 1 is 1.25 bits per heavy atom. The highest BCUT2D eigenvalue weighted by atomic mass is 16.5. The molecule has 0 amide bonds. The van der Waals surface area contributed by atoms with Crippen molar-refractivity contribution in [3.63, 3.8) is 0 Å². The number of hydrogen-bond acceptors (Lipinski definition) is 3. The first-order valence-electron chi connectivity index (χ1n) is 8.82. The maximum atomic E-state index is 5.72. The van der Waals surface area contributed by atoms with Crippen molar-refractivity contribution in [1.82, 2.24) is 15.1 Å². The van der Waals surface area contributed by atoms with Crippen LogP contribution in [0.4, 0.5) is 0 Å². The molecule has 134 valence electrons. The lowest BCUT2D eigenvalue weighted by atomic mass is 10.1. The molecule has 0 spiro atoms. The van der Waals surface area contributed by atoms with Crippen molar-refractivity contribution in [2.75, 3.05) is 54.5 Å². The molecule has 5 nitrogen and oxygen atoms in total. The van der Waals surface area contributed by atoms with Crippen LogP contribution in [0, 0.1) is 5.92 Å². The largest absolute Gasteiger partial charge is 0.379 e. The zero-order valence-corrected chi connectivity index (χ0v) is 15.5. The molecule has 1 saturated carbocycles. The standard InChI is InChI=1S/C19H32N4O/c1-20-19(23(4)12-13-24-15-16-10-11-16)21-14-18(22(2)3)17-8-6-5-7-9-17/h5-9,16,18H,10-15H2,1-4H3,(H,20,21). The van der Waals surface area contributed by atoms with E-state index < -0.39 is 0 Å². The summed E-state index contributed by atoms with van der Waals surface area (Å²) in [5, 5.41) is 3.49. The van der Waals surface area contributed by atoms with E-state index in [1.807, 2.05) is 7.05 Å². The van der Waals surface area contributed by atoms with Gasteiger partial charge in [-0.15, -0.1) is 0 Å². The predicted octanol–water partition coefficient (Wildman–Crippen LogP) is 2.22. The first kappa shape index (κ1) is 18.7. The van der Waals surface area contributed by atoms with E-state index in [-0.39, 0.29) is 0 Å². The number of aliphatic imine (C=N–C) groups is 1. The van der Waals surface area contributed by atoms with E-state index in [2.05, 4.69) is 71.6 Å². The van der Waals surface area contributed by atoms with Crippen molar-refractivity contribution in [1.29, 1.82) is 0 Å². The van der Waals surface area contributed by atoms with E-state index in [1.165, 1.54) is 18.4 Å². The number of nitrogens with one attached hydrogen (secondary N) is 1. The minimum absolute atomic E-state index is 0.308. The Morgan fingerprint density at radius 3 is 2.54 bits per heavy atom. The number of hydrogen-bond donors (Lipinski definition) is 1. The topological polar surface area (TPSA) is 40.1 Å². The molecule has 24 heavy (non-hydrogen) atoms. The molecule has 5 heteroatoms. The molecule has 1 aliphatic rings. The lowest BCUT2D eigenvalue weighted by Crippen LogP contribution is -2.43. The quantitative estimate of drug-likeness (QED) is 0.428. The maximum Gasteiger partial charge on any atom is 0.193 e. The highest BCUT2D eigenvalue weighted by molar-refractivity contribution is 5.79. The van der Waals surface area contributed by atoms with Gasteiger partial charge < -0.3 is 19.9 Å². The van der Waals surface area contributed by atoms with Crippen LogP contribution in [0.25, 0.3) is 0 Å². The molecule has 0 bridgehead atoms. The molecule has 1 unspecified atom stereocenters. The number of benzene rings is 1. The van der Waals surface area contributed by atoms with E-state index in [4.69, 9.17) is 4.74 Å².